The van der Waals surface area contributed by atoms with E-state index < -0.39 is 28.1 Å². The molecule has 0 saturated carbocycles. The molecule has 1 aliphatic rings. The summed E-state index contributed by atoms with van der Waals surface area (Å²) in [6.45, 7) is 1.57. The maximum Gasteiger partial charge on any atom is 0.263 e. The van der Waals surface area contributed by atoms with Gasteiger partial charge in [-0.05, 0) is 42.8 Å². The van der Waals surface area contributed by atoms with Crippen LogP contribution in [0.15, 0.2) is 42.5 Å². The van der Waals surface area contributed by atoms with Crippen molar-refractivity contribution < 1.29 is 22.3 Å². The Balaban J connectivity index is 1.81. The number of carbonyl (C=O) groups is 1. The Morgan fingerprint density at radius 3 is 2.59 bits per heavy atom. The fourth-order valence-electron chi connectivity index (χ4n) is 2.82. The molecule has 2 aromatic rings. The summed E-state index contributed by atoms with van der Waals surface area (Å²) in [5.41, 5.74) is 1.01. The molecular weight excluding hydrogens is 395 g/mol. The molecule has 1 N–H and O–H groups in total. The van der Waals surface area contributed by atoms with Gasteiger partial charge in [0.1, 0.15) is 11.6 Å². The minimum absolute atomic E-state index is 0.172. The molecule has 3 rings (SSSR count). The first-order valence-electron chi connectivity index (χ1n) is 8.15. The highest BCUT2D eigenvalue weighted by Gasteiger charge is 2.35. The van der Waals surface area contributed by atoms with Crippen LogP contribution in [0, 0.1) is 5.82 Å². The molecule has 0 saturated heterocycles. The summed E-state index contributed by atoms with van der Waals surface area (Å²) in [6.07, 6.45) is 0.0235. The number of benzene rings is 2. The van der Waals surface area contributed by atoms with Gasteiger partial charge in [-0.1, -0.05) is 23.7 Å². The van der Waals surface area contributed by atoms with E-state index in [1.165, 1.54) is 24.3 Å². The van der Waals surface area contributed by atoms with Crippen molar-refractivity contribution in [1.82, 2.24) is 5.32 Å². The molecule has 1 aliphatic heterocycles. The number of sulfonamides is 1. The molecule has 9 heteroatoms. The van der Waals surface area contributed by atoms with E-state index in [-0.39, 0.29) is 18.1 Å². The number of ether oxygens (including phenoxy) is 1. The van der Waals surface area contributed by atoms with E-state index >= 15 is 0 Å². The fraction of sp³-hybridized carbons (Fsp3) is 0.278. The smallest absolute Gasteiger partial charge is 0.263 e. The first kappa shape index (κ1) is 19.4. The topological polar surface area (TPSA) is 75.7 Å². The number of amides is 1. The summed E-state index contributed by atoms with van der Waals surface area (Å²) in [6, 6.07) is 9.92. The second-order valence-corrected chi connectivity index (χ2v) is 8.64. The first-order chi connectivity index (χ1) is 12.6. The molecule has 0 fully saturated rings. The van der Waals surface area contributed by atoms with Gasteiger partial charge < -0.3 is 10.1 Å². The number of rotatable bonds is 4. The van der Waals surface area contributed by atoms with E-state index in [4.69, 9.17) is 16.3 Å². The summed E-state index contributed by atoms with van der Waals surface area (Å²) in [5.74, 6) is -0.585. The van der Waals surface area contributed by atoms with Gasteiger partial charge in [0.25, 0.3) is 5.91 Å². The first-order valence-corrected chi connectivity index (χ1v) is 10.4. The third-order valence-electron chi connectivity index (χ3n) is 4.21. The molecule has 0 spiro atoms. The van der Waals surface area contributed by atoms with Gasteiger partial charge in [0, 0.05) is 5.02 Å². The third-order valence-corrected chi connectivity index (χ3v) is 5.59. The number of anilines is 1. The molecule has 0 aromatic heterocycles. The van der Waals surface area contributed by atoms with Gasteiger partial charge >= 0.3 is 0 Å². The molecule has 0 aliphatic carbocycles. The minimum atomic E-state index is -3.63. The highest BCUT2D eigenvalue weighted by Crippen LogP contribution is 2.37. The van der Waals surface area contributed by atoms with Gasteiger partial charge in [-0.2, -0.15) is 0 Å². The quantitative estimate of drug-likeness (QED) is 0.837. The lowest BCUT2D eigenvalue weighted by molar-refractivity contribution is -0.128. The van der Waals surface area contributed by atoms with Crippen LogP contribution < -0.4 is 14.4 Å². The van der Waals surface area contributed by atoms with Crippen LogP contribution in [0.3, 0.4) is 0 Å². The summed E-state index contributed by atoms with van der Waals surface area (Å²) in [5, 5.41) is 3.13. The van der Waals surface area contributed by atoms with Crippen molar-refractivity contribution in [2.45, 2.75) is 19.1 Å². The molecular formula is C18H18ClFN2O4S. The fourth-order valence-corrected chi connectivity index (χ4v) is 3.89. The van der Waals surface area contributed by atoms with Crippen molar-refractivity contribution in [3.63, 3.8) is 0 Å². The number of fused-ring (bicyclic) bond motifs is 1. The van der Waals surface area contributed by atoms with Crippen LogP contribution in [0.1, 0.15) is 18.5 Å². The van der Waals surface area contributed by atoms with Gasteiger partial charge in [0.15, 0.2) is 6.10 Å². The Labute approximate surface area is 161 Å². The largest absolute Gasteiger partial charge is 0.476 e. The Morgan fingerprint density at radius 1 is 1.30 bits per heavy atom. The van der Waals surface area contributed by atoms with Crippen molar-refractivity contribution in [3.8, 4) is 5.75 Å². The molecule has 2 atom stereocenters. The highest BCUT2D eigenvalue weighted by molar-refractivity contribution is 7.92. The molecule has 6 nitrogen and oxygen atoms in total. The standard InChI is InChI=1S/C18H18ClFN2O4S/c1-11(12-3-6-14(20)7-4-12)21-18(23)17-10-22(27(2,24)25)15-9-13(19)5-8-16(15)26-17/h3-9,11,17H,10H2,1-2H3,(H,21,23)/t11-,17+/m0/s1. The number of hydrogen-bond donors (Lipinski definition) is 1. The van der Waals surface area contributed by atoms with Crippen molar-refractivity contribution in [1.29, 1.82) is 0 Å². The monoisotopic (exact) mass is 412 g/mol. The molecule has 0 bridgehead atoms. The van der Waals surface area contributed by atoms with Crippen LogP contribution in [-0.2, 0) is 14.8 Å². The van der Waals surface area contributed by atoms with E-state index in [1.54, 1.807) is 25.1 Å². The molecule has 0 radical (unpaired) electrons. The van der Waals surface area contributed by atoms with Crippen LogP contribution in [-0.4, -0.2) is 33.2 Å². The number of nitrogens with zero attached hydrogens (tertiary/aromatic N) is 1. The van der Waals surface area contributed by atoms with Crippen molar-refractivity contribution in [2.75, 3.05) is 17.1 Å². The molecule has 0 unspecified atom stereocenters. The lowest BCUT2D eigenvalue weighted by atomic mass is 10.1. The van der Waals surface area contributed by atoms with Gasteiger partial charge in [-0.25, -0.2) is 12.8 Å². The maximum atomic E-state index is 13.0. The Kier molecular flexibility index (Phi) is 5.30. The summed E-state index contributed by atoms with van der Waals surface area (Å²) >= 11 is 5.96. The number of hydrogen-bond acceptors (Lipinski definition) is 4. The molecule has 144 valence electrons. The van der Waals surface area contributed by atoms with Crippen LogP contribution >= 0.6 is 11.6 Å². The van der Waals surface area contributed by atoms with E-state index in [0.717, 1.165) is 10.6 Å². The zero-order valence-corrected chi connectivity index (χ0v) is 16.2. The highest BCUT2D eigenvalue weighted by atomic mass is 35.5. The molecule has 27 heavy (non-hydrogen) atoms. The minimum Gasteiger partial charge on any atom is -0.476 e. The second-order valence-electron chi connectivity index (χ2n) is 6.29. The van der Waals surface area contributed by atoms with Crippen LogP contribution in [0.25, 0.3) is 0 Å². The van der Waals surface area contributed by atoms with Crippen LogP contribution in [0.2, 0.25) is 5.02 Å². The van der Waals surface area contributed by atoms with Crippen molar-refractivity contribution in [3.05, 3.63) is 58.9 Å². The average Bonchev–Trinajstić information content (AvgIpc) is 2.60. The SMILES string of the molecule is C[C@H](NC(=O)[C@H]1CN(S(C)(=O)=O)c2cc(Cl)ccc2O1)c1ccc(F)cc1. The van der Waals surface area contributed by atoms with Gasteiger partial charge in [0.05, 0.1) is 24.5 Å². The van der Waals surface area contributed by atoms with E-state index in [2.05, 4.69) is 5.32 Å². The Morgan fingerprint density at radius 2 is 1.96 bits per heavy atom. The lowest BCUT2D eigenvalue weighted by Crippen LogP contribution is -2.50. The number of halogens is 2. The lowest BCUT2D eigenvalue weighted by Gasteiger charge is -2.34. The number of carbonyl (C=O) groups excluding carboxylic acids is 1. The second kappa shape index (κ2) is 7.36. The van der Waals surface area contributed by atoms with Crippen molar-refractivity contribution >= 4 is 33.2 Å². The Hall–Kier alpha value is -2.32. The van der Waals surface area contributed by atoms with Crippen LogP contribution in [0.5, 0.6) is 5.75 Å². The molecule has 1 heterocycles. The zero-order chi connectivity index (χ0) is 19.8. The molecule has 1 amide bonds. The Bertz CT molecular complexity index is 966. The van der Waals surface area contributed by atoms with Crippen LogP contribution in [0.4, 0.5) is 10.1 Å². The zero-order valence-electron chi connectivity index (χ0n) is 14.6. The summed E-state index contributed by atoms with van der Waals surface area (Å²) < 4.78 is 44.2. The van der Waals surface area contributed by atoms with Gasteiger partial charge in [-0.3, -0.25) is 9.10 Å². The normalized spacial score (nSPS) is 17.6. The predicted octanol–water partition coefficient (Wildman–Crippen LogP) is 2.88. The average molecular weight is 413 g/mol. The van der Waals surface area contributed by atoms with E-state index in [0.29, 0.717) is 16.3 Å². The van der Waals surface area contributed by atoms with E-state index in [9.17, 15) is 17.6 Å². The predicted molar refractivity (Wildman–Crippen MR) is 101 cm³/mol. The van der Waals surface area contributed by atoms with Gasteiger partial charge in [-0.15, -0.1) is 0 Å². The van der Waals surface area contributed by atoms with Gasteiger partial charge in [0.2, 0.25) is 10.0 Å². The number of nitrogens with one attached hydrogen (secondary N) is 1. The van der Waals surface area contributed by atoms with E-state index in [1.807, 2.05) is 0 Å². The maximum absolute atomic E-state index is 13.0. The molecule has 2 aromatic carbocycles. The summed E-state index contributed by atoms with van der Waals surface area (Å²) in [7, 11) is -3.63. The summed E-state index contributed by atoms with van der Waals surface area (Å²) in [4.78, 5) is 12.6. The third kappa shape index (κ3) is 4.33. The van der Waals surface area contributed by atoms with Crippen molar-refractivity contribution in [2.24, 2.45) is 0 Å².